The van der Waals surface area contributed by atoms with E-state index < -0.39 is 9.84 Å². The lowest BCUT2D eigenvalue weighted by atomic mass is 10.3. The number of imidazole rings is 2. The topological polar surface area (TPSA) is 94.9 Å². The van der Waals surface area contributed by atoms with Crippen LogP contribution in [0.3, 0.4) is 0 Å². The summed E-state index contributed by atoms with van der Waals surface area (Å²) in [6.07, 6.45) is 7.53. The van der Waals surface area contributed by atoms with Gasteiger partial charge >= 0.3 is 23.4 Å². The van der Waals surface area contributed by atoms with Crippen LogP contribution < -0.4 is 9.13 Å². The molecule has 4 aromatic rings. The van der Waals surface area contributed by atoms with Crippen molar-refractivity contribution in [2.24, 2.45) is 38.2 Å². The first-order valence-corrected chi connectivity index (χ1v) is 12.9. The Bertz CT molecular complexity index is 1460. The molecule has 192 valence electrons. The molecular weight excluding hydrogens is 492 g/mol. The van der Waals surface area contributed by atoms with E-state index in [0.717, 1.165) is 11.6 Å². The fourth-order valence-electron chi connectivity index (χ4n) is 3.97. The molecule has 0 spiro atoms. The van der Waals surface area contributed by atoms with Crippen LogP contribution in [0.25, 0.3) is 0 Å². The number of nitrogens with zero attached hydrogens (tertiary/aromatic N) is 6. The van der Waals surface area contributed by atoms with Gasteiger partial charge in [0.05, 0.1) is 63.6 Å². The Morgan fingerprint density at radius 1 is 0.757 bits per heavy atom. The van der Waals surface area contributed by atoms with Crippen molar-refractivity contribution in [3.05, 3.63) is 85.0 Å². The molecule has 2 aromatic carbocycles. The number of rotatable bonds is 6. The zero-order valence-corrected chi connectivity index (χ0v) is 22.5. The molecule has 0 atom stereocenters. The molecule has 0 aliphatic rings. The zero-order chi connectivity index (χ0) is 26.7. The molecule has 0 amide bonds. The van der Waals surface area contributed by atoms with E-state index >= 15 is 0 Å². The number of sulfone groups is 1. The minimum absolute atomic E-state index is 0.113. The average Bonchev–Trinajstić information content (AvgIpc) is 3.41. The summed E-state index contributed by atoms with van der Waals surface area (Å²) in [5.41, 5.74) is 0.900. The van der Waals surface area contributed by atoms with Crippen LogP contribution in [0.4, 0.5) is 11.4 Å². The predicted molar refractivity (Wildman–Crippen MR) is 138 cm³/mol. The first-order valence-electron chi connectivity index (χ1n) is 11.4. The van der Waals surface area contributed by atoms with E-state index in [4.69, 9.17) is 9.47 Å². The molecule has 0 aliphatic heterocycles. The number of benzene rings is 2. The third-order valence-electron chi connectivity index (χ3n) is 5.85. The van der Waals surface area contributed by atoms with Crippen LogP contribution >= 0.6 is 0 Å². The first kappa shape index (κ1) is 25.8. The number of ether oxygens (including phenoxy) is 2. The van der Waals surface area contributed by atoms with Crippen molar-refractivity contribution in [2.75, 3.05) is 14.2 Å². The van der Waals surface area contributed by atoms with Crippen LogP contribution in [0, 0.1) is 0 Å². The molecule has 0 saturated heterocycles. The predicted octanol–water partition coefficient (Wildman–Crippen LogP) is 2.29. The highest BCUT2D eigenvalue weighted by atomic mass is 32.2. The van der Waals surface area contributed by atoms with Gasteiger partial charge in [-0.05, 0) is 36.4 Å². The van der Waals surface area contributed by atoms with Crippen LogP contribution in [0.2, 0.25) is 0 Å². The van der Waals surface area contributed by atoms with Crippen molar-refractivity contribution < 1.29 is 27.0 Å². The molecule has 0 saturated carbocycles. The van der Waals surface area contributed by atoms with E-state index in [1.54, 1.807) is 36.4 Å². The van der Waals surface area contributed by atoms with E-state index in [1.165, 1.54) is 26.4 Å². The highest BCUT2D eigenvalue weighted by Gasteiger charge is 2.23. The van der Waals surface area contributed by atoms with Gasteiger partial charge in [-0.2, -0.15) is 0 Å². The van der Waals surface area contributed by atoms with Gasteiger partial charge in [-0.25, -0.2) is 36.7 Å². The van der Waals surface area contributed by atoms with Crippen molar-refractivity contribution in [1.82, 2.24) is 9.13 Å². The first-order chi connectivity index (χ1) is 17.6. The SMILES string of the molecule is CO/C(=N\c1cccc(S(=O)(=O)c2cccc(/N=C(\OC)c3n(C)cc[n+]3C)c2)c1)c1n(C)cc[n+]1C. The average molecular weight is 523 g/mol. The monoisotopic (exact) mass is 522 g/mol. The van der Waals surface area contributed by atoms with Crippen LogP contribution in [0.15, 0.2) is 93.1 Å². The van der Waals surface area contributed by atoms with Gasteiger partial charge in [-0.1, -0.05) is 12.1 Å². The molecule has 0 fully saturated rings. The van der Waals surface area contributed by atoms with Crippen LogP contribution in [-0.2, 0) is 47.5 Å². The molecule has 11 heteroatoms. The number of aliphatic imine (C=N–C) groups is 2. The zero-order valence-electron chi connectivity index (χ0n) is 21.7. The number of methoxy groups -OCH3 is 2. The van der Waals surface area contributed by atoms with Crippen LogP contribution in [-0.4, -0.2) is 43.6 Å². The second-order valence-corrected chi connectivity index (χ2v) is 10.4. The maximum absolute atomic E-state index is 13.5. The lowest BCUT2D eigenvalue weighted by Gasteiger charge is -2.08. The van der Waals surface area contributed by atoms with Gasteiger partial charge < -0.3 is 9.47 Å². The summed E-state index contributed by atoms with van der Waals surface area (Å²) in [6.45, 7) is 0. The lowest BCUT2D eigenvalue weighted by molar-refractivity contribution is -0.672. The Hall–Kier alpha value is -4.25. The molecule has 0 unspecified atom stereocenters. The standard InChI is InChI=1S/C26H30N6O4S/c1-29-13-14-30(2)25(29)23(35-5)27-19-9-7-11-21(17-19)37(33,34)22-12-8-10-20(18-22)28-24(36-6)26-31(3)15-16-32(26)4/h7-18H,1-6H3/q+2/b27-23-,28-24-. The lowest BCUT2D eigenvalue weighted by Crippen LogP contribution is -2.35. The normalized spacial score (nSPS) is 12.6. The van der Waals surface area contributed by atoms with E-state index in [0.29, 0.717) is 23.2 Å². The molecule has 4 rings (SSSR count). The number of aryl methyl sites for hydroxylation is 4. The molecule has 2 aromatic heterocycles. The van der Waals surface area contributed by atoms with Crippen LogP contribution in [0.1, 0.15) is 11.6 Å². The highest BCUT2D eigenvalue weighted by molar-refractivity contribution is 7.91. The van der Waals surface area contributed by atoms with Crippen molar-refractivity contribution >= 4 is 33.0 Å². The fourth-order valence-corrected chi connectivity index (χ4v) is 5.31. The van der Waals surface area contributed by atoms with Crippen LogP contribution in [0.5, 0.6) is 0 Å². The number of aromatic nitrogens is 4. The Morgan fingerprint density at radius 2 is 1.16 bits per heavy atom. The Labute approximate surface area is 216 Å². The number of hydrogen-bond donors (Lipinski definition) is 0. The number of hydrogen-bond acceptors (Lipinski definition) is 6. The summed E-state index contributed by atoms with van der Waals surface area (Å²) in [5, 5.41) is 0. The van der Waals surface area contributed by atoms with Crippen molar-refractivity contribution in [1.29, 1.82) is 0 Å². The molecule has 0 aliphatic carbocycles. The van der Waals surface area contributed by atoms with Crippen molar-refractivity contribution in [3.8, 4) is 0 Å². The molecule has 10 nitrogen and oxygen atoms in total. The summed E-state index contributed by atoms with van der Waals surface area (Å²) >= 11 is 0. The minimum Gasteiger partial charge on any atom is -0.475 e. The molecule has 37 heavy (non-hydrogen) atoms. The molecule has 0 N–H and O–H groups in total. The Morgan fingerprint density at radius 3 is 1.49 bits per heavy atom. The maximum atomic E-state index is 13.5. The fraction of sp³-hybridized carbons (Fsp3) is 0.231. The van der Waals surface area contributed by atoms with Gasteiger partial charge in [0.25, 0.3) is 0 Å². The van der Waals surface area contributed by atoms with E-state index in [1.807, 2.05) is 71.2 Å². The summed E-state index contributed by atoms with van der Waals surface area (Å²) in [4.78, 5) is 9.36. The van der Waals surface area contributed by atoms with Gasteiger partial charge in [0.15, 0.2) is 0 Å². The van der Waals surface area contributed by atoms with Gasteiger partial charge in [-0.15, -0.1) is 0 Å². The smallest absolute Gasteiger partial charge is 0.344 e. The second kappa shape index (κ2) is 10.4. The summed E-state index contributed by atoms with van der Waals surface area (Å²) in [5.74, 6) is 2.20. The van der Waals surface area contributed by atoms with Crippen molar-refractivity contribution in [3.63, 3.8) is 0 Å². The highest BCUT2D eigenvalue weighted by Crippen LogP contribution is 2.27. The molecular formula is C26H30N6O4S+2. The summed E-state index contributed by atoms with van der Waals surface area (Å²) in [6, 6.07) is 12.9. The second-order valence-electron chi connectivity index (χ2n) is 8.43. The third-order valence-corrected chi connectivity index (χ3v) is 7.60. The van der Waals surface area contributed by atoms with E-state index in [9.17, 15) is 8.42 Å². The quantitative estimate of drug-likeness (QED) is 0.221. The van der Waals surface area contributed by atoms with Crippen molar-refractivity contribution in [2.45, 2.75) is 9.79 Å². The summed E-state index contributed by atoms with van der Waals surface area (Å²) in [7, 11) is 6.74. The van der Waals surface area contributed by atoms with Gasteiger partial charge in [0, 0.05) is 0 Å². The van der Waals surface area contributed by atoms with E-state index in [-0.39, 0.29) is 9.79 Å². The largest absolute Gasteiger partial charge is 0.475 e. The van der Waals surface area contributed by atoms with Gasteiger partial charge in [-0.3, -0.25) is 0 Å². The van der Waals surface area contributed by atoms with E-state index in [2.05, 4.69) is 9.98 Å². The Balaban J connectivity index is 1.71. The Kier molecular flexibility index (Phi) is 7.25. The summed E-state index contributed by atoms with van der Waals surface area (Å²) < 4.78 is 45.6. The molecule has 2 heterocycles. The minimum atomic E-state index is -3.85. The maximum Gasteiger partial charge on any atom is 0.344 e. The molecule has 0 radical (unpaired) electrons. The van der Waals surface area contributed by atoms with Gasteiger partial charge in [0.1, 0.15) is 24.8 Å². The molecule has 0 bridgehead atoms. The van der Waals surface area contributed by atoms with Gasteiger partial charge in [0.2, 0.25) is 9.84 Å². The third kappa shape index (κ3) is 5.17.